The molecule has 1 fully saturated rings. The molecule has 8 heteroatoms. The zero-order valence-electron chi connectivity index (χ0n) is 17.9. The van der Waals surface area contributed by atoms with Gasteiger partial charge in [0, 0.05) is 67.2 Å². The number of aromatic nitrogens is 2. The fourth-order valence-corrected chi connectivity index (χ4v) is 5.47. The Labute approximate surface area is 191 Å². The summed E-state index contributed by atoms with van der Waals surface area (Å²) in [7, 11) is 2.06. The van der Waals surface area contributed by atoms with Crippen molar-refractivity contribution in [2.24, 2.45) is 0 Å². The molecular formula is C24H25N5O2S. The van der Waals surface area contributed by atoms with E-state index in [1.807, 2.05) is 41.2 Å². The van der Waals surface area contributed by atoms with Gasteiger partial charge in [-0.1, -0.05) is 12.1 Å². The Morgan fingerprint density at radius 3 is 2.66 bits per heavy atom. The second-order valence-corrected chi connectivity index (χ2v) is 9.23. The van der Waals surface area contributed by atoms with Crippen LogP contribution >= 0.6 is 11.8 Å². The number of pyridine rings is 1. The number of anilines is 1. The van der Waals surface area contributed by atoms with Crippen LogP contribution in [0.2, 0.25) is 0 Å². The normalized spacial score (nSPS) is 18.4. The van der Waals surface area contributed by atoms with Crippen molar-refractivity contribution < 1.29 is 9.59 Å². The summed E-state index contributed by atoms with van der Waals surface area (Å²) in [4.78, 5) is 34.2. The molecule has 1 saturated heterocycles. The van der Waals surface area contributed by atoms with Crippen LogP contribution < -0.4 is 5.32 Å². The first-order valence-corrected chi connectivity index (χ1v) is 11.8. The Morgan fingerprint density at radius 2 is 1.88 bits per heavy atom. The maximum Gasteiger partial charge on any atom is 0.255 e. The molecule has 7 nitrogen and oxygen atoms in total. The Hall–Kier alpha value is -3.10. The third kappa shape index (κ3) is 4.03. The molecule has 2 aliphatic heterocycles. The van der Waals surface area contributed by atoms with Gasteiger partial charge in [-0.2, -0.15) is 0 Å². The number of fused-ring (bicyclic) bond motifs is 1. The number of piperazine rings is 1. The number of rotatable bonds is 4. The Morgan fingerprint density at radius 1 is 1.06 bits per heavy atom. The van der Waals surface area contributed by atoms with E-state index in [9.17, 15) is 9.59 Å². The second kappa shape index (κ2) is 8.80. The molecule has 5 rings (SSSR count). The molecule has 4 heterocycles. The van der Waals surface area contributed by atoms with Gasteiger partial charge in [0.25, 0.3) is 11.8 Å². The van der Waals surface area contributed by atoms with E-state index in [1.165, 1.54) is 0 Å². The lowest BCUT2D eigenvalue weighted by atomic mass is 10.1. The molecule has 32 heavy (non-hydrogen) atoms. The minimum atomic E-state index is -0.207. The summed E-state index contributed by atoms with van der Waals surface area (Å²) in [5.74, 6) is 0.583. The molecule has 2 amide bonds. The first-order valence-electron chi connectivity index (χ1n) is 10.7. The van der Waals surface area contributed by atoms with Gasteiger partial charge in [-0.15, -0.1) is 11.8 Å². The van der Waals surface area contributed by atoms with Gasteiger partial charge in [-0.05, 0) is 37.4 Å². The van der Waals surface area contributed by atoms with Crippen molar-refractivity contribution in [3.8, 4) is 0 Å². The summed E-state index contributed by atoms with van der Waals surface area (Å²) in [5.41, 5.74) is 4.07. The van der Waals surface area contributed by atoms with Crippen LogP contribution in [0.15, 0.2) is 61.1 Å². The third-order valence-electron chi connectivity index (χ3n) is 6.03. The summed E-state index contributed by atoms with van der Waals surface area (Å²) >= 11 is 1.81. The number of thioether (sulfide) groups is 1. The lowest BCUT2D eigenvalue weighted by Crippen LogP contribution is -2.47. The molecule has 2 aromatic heterocycles. The van der Waals surface area contributed by atoms with E-state index in [4.69, 9.17) is 0 Å². The van der Waals surface area contributed by atoms with Crippen LogP contribution in [0.25, 0.3) is 0 Å². The van der Waals surface area contributed by atoms with Crippen molar-refractivity contribution in [1.82, 2.24) is 19.4 Å². The molecule has 0 saturated carbocycles. The molecule has 0 radical (unpaired) electrons. The van der Waals surface area contributed by atoms with Gasteiger partial charge in [-0.3, -0.25) is 14.6 Å². The molecule has 1 N–H and O–H groups in total. The van der Waals surface area contributed by atoms with E-state index >= 15 is 0 Å². The maximum absolute atomic E-state index is 13.0. The molecule has 164 valence electrons. The minimum Gasteiger partial charge on any atom is -0.336 e. The Bertz CT molecular complexity index is 1140. The van der Waals surface area contributed by atoms with E-state index in [0.29, 0.717) is 24.2 Å². The quantitative estimate of drug-likeness (QED) is 0.665. The van der Waals surface area contributed by atoms with Gasteiger partial charge in [-0.25, -0.2) is 0 Å². The smallest absolute Gasteiger partial charge is 0.255 e. The van der Waals surface area contributed by atoms with E-state index in [-0.39, 0.29) is 17.2 Å². The zero-order chi connectivity index (χ0) is 22.1. The lowest BCUT2D eigenvalue weighted by Gasteiger charge is -2.32. The van der Waals surface area contributed by atoms with Crippen LogP contribution in [0.5, 0.6) is 0 Å². The van der Waals surface area contributed by atoms with Gasteiger partial charge >= 0.3 is 0 Å². The summed E-state index contributed by atoms with van der Waals surface area (Å²) in [6, 6.07) is 12.9. The van der Waals surface area contributed by atoms with Crippen molar-refractivity contribution in [1.29, 1.82) is 0 Å². The number of carbonyl (C=O) groups is 2. The highest BCUT2D eigenvalue weighted by atomic mass is 32.2. The molecule has 2 aliphatic rings. The molecule has 0 bridgehead atoms. The zero-order valence-corrected chi connectivity index (χ0v) is 18.7. The van der Waals surface area contributed by atoms with Crippen molar-refractivity contribution >= 4 is 29.3 Å². The number of amides is 2. The van der Waals surface area contributed by atoms with E-state index in [1.54, 1.807) is 30.5 Å². The van der Waals surface area contributed by atoms with Crippen LogP contribution in [-0.2, 0) is 5.75 Å². The van der Waals surface area contributed by atoms with Crippen LogP contribution in [0.4, 0.5) is 5.69 Å². The first-order chi connectivity index (χ1) is 15.6. The fourth-order valence-electron chi connectivity index (χ4n) is 4.16. The summed E-state index contributed by atoms with van der Waals surface area (Å²) in [6.07, 6.45) is 5.66. The highest BCUT2D eigenvalue weighted by molar-refractivity contribution is 7.99. The lowest BCUT2D eigenvalue weighted by molar-refractivity contribution is 0.0664. The molecule has 0 aliphatic carbocycles. The number of hydrogen-bond donors (Lipinski definition) is 1. The van der Waals surface area contributed by atoms with Gasteiger partial charge in [0.2, 0.25) is 0 Å². The predicted molar refractivity (Wildman–Crippen MR) is 126 cm³/mol. The number of nitrogens with zero attached hydrogens (tertiary/aromatic N) is 4. The standard InChI is InChI=1S/C24H25N5O2S/c1-27-10-12-28(13-11-27)23(31)18-5-2-4-17(14-18)22(30)26-20-7-9-29-21(20)16-32-24(29)19-6-3-8-25-15-19/h2-9,14-15,24H,10-13,16H2,1H3,(H,26,30). The summed E-state index contributed by atoms with van der Waals surface area (Å²) in [5, 5.41) is 3.20. The fraction of sp³-hybridized carbons (Fsp3) is 0.292. The SMILES string of the molecule is CN1CCN(C(=O)c2cccc(C(=O)Nc3ccn4c3CSC4c3cccnc3)c2)CC1. The average Bonchev–Trinajstić information content (AvgIpc) is 3.43. The van der Waals surface area contributed by atoms with Crippen molar-refractivity contribution in [2.45, 2.75) is 11.1 Å². The van der Waals surface area contributed by atoms with Gasteiger partial charge < -0.3 is 19.7 Å². The van der Waals surface area contributed by atoms with Crippen molar-refractivity contribution in [2.75, 3.05) is 38.5 Å². The number of nitrogens with one attached hydrogen (secondary N) is 1. The maximum atomic E-state index is 13.0. The van der Waals surface area contributed by atoms with Crippen LogP contribution in [0.1, 0.15) is 37.3 Å². The third-order valence-corrected chi connectivity index (χ3v) is 7.29. The summed E-state index contributed by atoms with van der Waals surface area (Å²) < 4.78 is 2.19. The van der Waals surface area contributed by atoms with Gasteiger partial charge in [0.05, 0.1) is 11.4 Å². The molecular weight excluding hydrogens is 422 g/mol. The minimum absolute atomic E-state index is 0.0202. The van der Waals surface area contributed by atoms with E-state index < -0.39 is 0 Å². The summed E-state index contributed by atoms with van der Waals surface area (Å²) in [6.45, 7) is 3.14. The number of likely N-dealkylation sites (N-methyl/N-ethyl adjacent to an activating group) is 1. The number of carbonyl (C=O) groups excluding carboxylic acids is 2. The van der Waals surface area contributed by atoms with Crippen LogP contribution in [0, 0.1) is 0 Å². The molecule has 1 unspecified atom stereocenters. The molecule has 1 atom stereocenters. The largest absolute Gasteiger partial charge is 0.336 e. The van der Waals surface area contributed by atoms with Crippen molar-refractivity contribution in [3.63, 3.8) is 0 Å². The van der Waals surface area contributed by atoms with Gasteiger partial charge in [0.1, 0.15) is 5.37 Å². The Kier molecular flexibility index (Phi) is 5.71. The molecule has 1 aromatic carbocycles. The van der Waals surface area contributed by atoms with Crippen LogP contribution in [0.3, 0.4) is 0 Å². The average molecular weight is 448 g/mol. The van der Waals surface area contributed by atoms with E-state index in [0.717, 1.165) is 35.8 Å². The number of hydrogen-bond acceptors (Lipinski definition) is 5. The van der Waals surface area contributed by atoms with Crippen LogP contribution in [-0.4, -0.2) is 64.4 Å². The Balaban J connectivity index is 1.30. The number of benzene rings is 1. The first kappa shape index (κ1) is 20.8. The highest BCUT2D eigenvalue weighted by Gasteiger charge is 2.27. The topological polar surface area (TPSA) is 70.5 Å². The monoisotopic (exact) mass is 447 g/mol. The molecule has 0 spiro atoms. The molecule has 3 aromatic rings. The van der Waals surface area contributed by atoms with Gasteiger partial charge in [0.15, 0.2) is 0 Å². The van der Waals surface area contributed by atoms with Crippen molar-refractivity contribution in [3.05, 3.63) is 83.4 Å². The van der Waals surface area contributed by atoms with E-state index in [2.05, 4.69) is 32.9 Å². The predicted octanol–water partition coefficient (Wildman–Crippen LogP) is 3.32. The second-order valence-electron chi connectivity index (χ2n) is 8.16. The highest BCUT2D eigenvalue weighted by Crippen LogP contribution is 2.43.